The molecule has 0 saturated carbocycles. The Hall–Kier alpha value is -1.57. The molecule has 1 nitrogen and oxygen atoms in total. The first kappa shape index (κ1) is 14.8. The molecule has 0 fully saturated rings. The third-order valence-corrected chi connectivity index (χ3v) is 3.68. The highest BCUT2D eigenvalue weighted by atomic mass is 35.5. The van der Waals surface area contributed by atoms with Crippen LogP contribution in [0.2, 0.25) is 10.0 Å². The van der Waals surface area contributed by atoms with Crippen molar-refractivity contribution in [1.29, 1.82) is 0 Å². The zero-order valence-corrected chi connectivity index (χ0v) is 12.8. The third-order valence-electron chi connectivity index (χ3n) is 2.94. The van der Waals surface area contributed by atoms with Gasteiger partial charge in [0.15, 0.2) is 5.78 Å². The SMILES string of the molecule is CC(=O)/C=C(/c1ccc(C)cc1)c1ccc(Cl)c(Cl)c1. The molecule has 0 radical (unpaired) electrons. The van der Waals surface area contributed by atoms with Crippen LogP contribution in [0.15, 0.2) is 48.5 Å². The molecular formula is C17H14Cl2O. The van der Waals surface area contributed by atoms with Gasteiger partial charge < -0.3 is 0 Å². The first-order valence-corrected chi connectivity index (χ1v) is 6.97. The van der Waals surface area contributed by atoms with E-state index in [4.69, 9.17) is 23.2 Å². The maximum Gasteiger partial charge on any atom is 0.153 e. The van der Waals surface area contributed by atoms with E-state index in [0.29, 0.717) is 10.0 Å². The number of benzene rings is 2. The van der Waals surface area contributed by atoms with Gasteiger partial charge in [-0.25, -0.2) is 0 Å². The average molecular weight is 305 g/mol. The Morgan fingerprint density at radius 3 is 2.10 bits per heavy atom. The lowest BCUT2D eigenvalue weighted by Crippen LogP contribution is -1.93. The van der Waals surface area contributed by atoms with Crippen molar-refractivity contribution in [2.45, 2.75) is 13.8 Å². The van der Waals surface area contributed by atoms with Crippen LogP contribution in [0.4, 0.5) is 0 Å². The van der Waals surface area contributed by atoms with Crippen LogP contribution in [-0.4, -0.2) is 5.78 Å². The van der Waals surface area contributed by atoms with E-state index in [1.165, 1.54) is 12.5 Å². The Morgan fingerprint density at radius 1 is 0.950 bits per heavy atom. The summed E-state index contributed by atoms with van der Waals surface area (Å²) in [6, 6.07) is 13.4. The van der Waals surface area contributed by atoms with Crippen molar-refractivity contribution in [3.05, 3.63) is 75.3 Å². The number of aryl methyl sites for hydroxylation is 1. The van der Waals surface area contributed by atoms with Gasteiger partial charge in [0.1, 0.15) is 0 Å². The first-order valence-electron chi connectivity index (χ1n) is 6.22. The lowest BCUT2D eigenvalue weighted by Gasteiger charge is -2.09. The molecule has 2 aromatic rings. The minimum Gasteiger partial charge on any atom is -0.295 e. The number of allylic oxidation sites excluding steroid dienone is 1. The molecule has 3 heteroatoms. The Labute approximate surface area is 128 Å². The quantitative estimate of drug-likeness (QED) is 0.701. The Kier molecular flexibility index (Phi) is 4.64. The van der Waals surface area contributed by atoms with Crippen LogP contribution >= 0.6 is 23.2 Å². The second kappa shape index (κ2) is 6.25. The van der Waals surface area contributed by atoms with E-state index in [1.807, 2.05) is 37.3 Å². The lowest BCUT2D eigenvalue weighted by atomic mass is 9.96. The van der Waals surface area contributed by atoms with Gasteiger partial charge in [-0.3, -0.25) is 4.79 Å². The van der Waals surface area contributed by atoms with Gasteiger partial charge in [-0.15, -0.1) is 0 Å². The molecule has 0 amide bonds. The van der Waals surface area contributed by atoms with Crippen molar-refractivity contribution in [3.63, 3.8) is 0 Å². The predicted molar refractivity (Wildman–Crippen MR) is 85.4 cm³/mol. The highest BCUT2D eigenvalue weighted by molar-refractivity contribution is 6.42. The summed E-state index contributed by atoms with van der Waals surface area (Å²) >= 11 is 12.0. The molecule has 0 heterocycles. The number of halogens is 2. The highest BCUT2D eigenvalue weighted by Crippen LogP contribution is 2.29. The van der Waals surface area contributed by atoms with Gasteiger partial charge in [0.2, 0.25) is 0 Å². The number of carbonyl (C=O) groups excluding carboxylic acids is 1. The van der Waals surface area contributed by atoms with E-state index < -0.39 is 0 Å². The number of carbonyl (C=O) groups is 1. The van der Waals surface area contributed by atoms with Crippen molar-refractivity contribution in [3.8, 4) is 0 Å². The molecule has 2 aromatic carbocycles. The summed E-state index contributed by atoms with van der Waals surface area (Å²) in [7, 11) is 0. The molecule has 20 heavy (non-hydrogen) atoms. The molecule has 0 aliphatic heterocycles. The van der Waals surface area contributed by atoms with Gasteiger partial charge in [-0.2, -0.15) is 0 Å². The first-order chi connectivity index (χ1) is 9.47. The van der Waals surface area contributed by atoms with Crippen LogP contribution < -0.4 is 0 Å². The highest BCUT2D eigenvalue weighted by Gasteiger charge is 2.08. The topological polar surface area (TPSA) is 17.1 Å². The summed E-state index contributed by atoms with van der Waals surface area (Å²) in [6.45, 7) is 3.56. The van der Waals surface area contributed by atoms with Gasteiger partial charge in [0.05, 0.1) is 10.0 Å². The van der Waals surface area contributed by atoms with E-state index >= 15 is 0 Å². The Bertz CT molecular complexity index is 670. The molecule has 0 aliphatic rings. The van der Waals surface area contributed by atoms with Gasteiger partial charge in [-0.1, -0.05) is 59.1 Å². The van der Waals surface area contributed by atoms with E-state index in [1.54, 1.807) is 18.2 Å². The predicted octanol–water partition coefficient (Wildman–Crippen LogP) is 5.32. The number of ketones is 1. The van der Waals surface area contributed by atoms with Crippen LogP contribution in [0.25, 0.3) is 5.57 Å². The van der Waals surface area contributed by atoms with E-state index in [2.05, 4.69) is 0 Å². The zero-order chi connectivity index (χ0) is 14.7. The van der Waals surface area contributed by atoms with Gasteiger partial charge in [-0.05, 0) is 48.8 Å². The fraction of sp³-hybridized carbons (Fsp3) is 0.118. The smallest absolute Gasteiger partial charge is 0.153 e. The van der Waals surface area contributed by atoms with Crippen molar-refractivity contribution in [2.24, 2.45) is 0 Å². The molecule has 0 aliphatic carbocycles. The minimum atomic E-state index is -0.00773. The fourth-order valence-corrected chi connectivity index (χ4v) is 2.23. The van der Waals surface area contributed by atoms with Crippen LogP contribution in [0.5, 0.6) is 0 Å². The third kappa shape index (κ3) is 3.50. The molecule has 102 valence electrons. The standard InChI is InChI=1S/C17H14Cl2O/c1-11-3-5-13(6-4-11)15(9-12(2)20)14-7-8-16(18)17(19)10-14/h3-10H,1-2H3/b15-9-. The molecular weight excluding hydrogens is 291 g/mol. The average Bonchev–Trinajstić information content (AvgIpc) is 2.40. The maximum atomic E-state index is 11.5. The number of hydrogen-bond donors (Lipinski definition) is 0. The van der Waals surface area contributed by atoms with E-state index in [0.717, 1.165) is 16.7 Å². The van der Waals surface area contributed by atoms with Gasteiger partial charge >= 0.3 is 0 Å². The number of rotatable bonds is 3. The van der Waals surface area contributed by atoms with Gasteiger partial charge in [0.25, 0.3) is 0 Å². The van der Waals surface area contributed by atoms with Gasteiger partial charge in [0, 0.05) is 0 Å². The van der Waals surface area contributed by atoms with E-state index in [9.17, 15) is 4.79 Å². The summed E-state index contributed by atoms with van der Waals surface area (Å²) in [5, 5.41) is 0.979. The van der Waals surface area contributed by atoms with Crippen LogP contribution in [-0.2, 0) is 4.79 Å². The molecule has 0 bridgehead atoms. The zero-order valence-electron chi connectivity index (χ0n) is 11.3. The second-order valence-electron chi connectivity index (χ2n) is 4.66. The maximum absolute atomic E-state index is 11.5. The van der Waals surface area contributed by atoms with Crippen LogP contribution in [0.1, 0.15) is 23.6 Å². The summed E-state index contributed by atoms with van der Waals surface area (Å²) in [5.74, 6) is -0.00773. The lowest BCUT2D eigenvalue weighted by molar-refractivity contribution is -0.112. The molecule has 0 atom stereocenters. The Morgan fingerprint density at radius 2 is 1.55 bits per heavy atom. The molecule has 0 spiro atoms. The molecule has 0 N–H and O–H groups in total. The van der Waals surface area contributed by atoms with Crippen molar-refractivity contribution in [2.75, 3.05) is 0 Å². The largest absolute Gasteiger partial charge is 0.295 e. The second-order valence-corrected chi connectivity index (χ2v) is 5.48. The summed E-state index contributed by atoms with van der Waals surface area (Å²) in [5.41, 5.74) is 3.86. The fourth-order valence-electron chi connectivity index (χ4n) is 1.93. The van der Waals surface area contributed by atoms with Crippen LogP contribution in [0.3, 0.4) is 0 Å². The Balaban J connectivity index is 2.56. The molecule has 0 unspecified atom stereocenters. The summed E-state index contributed by atoms with van der Waals surface area (Å²) in [4.78, 5) is 11.5. The minimum absolute atomic E-state index is 0.00773. The monoisotopic (exact) mass is 304 g/mol. The summed E-state index contributed by atoms with van der Waals surface area (Å²) in [6.07, 6.45) is 1.62. The van der Waals surface area contributed by atoms with Crippen LogP contribution in [0, 0.1) is 6.92 Å². The van der Waals surface area contributed by atoms with Crippen molar-refractivity contribution in [1.82, 2.24) is 0 Å². The van der Waals surface area contributed by atoms with Crippen molar-refractivity contribution < 1.29 is 4.79 Å². The van der Waals surface area contributed by atoms with E-state index in [-0.39, 0.29) is 5.78 Å². The molecule has 0 aromatic heterocycles. The summed E-state index contributed by atoms with van der Waals surface area (Å²) < 4.78 is 0. The normalized spacial score (nSPS) is 11.5. The van der Waals surface area contributed by atoms with Crippen molar-refractivity contribution >= 4 is 34.6 Å². The molecule has 2 rings (SSSR count). The number of hydrogen-bond acceptors (Lipinski definition) is 1. The molecule has 0 saturated heterocycles.